The maximum absolute atomic E-state index is 6.05. The number of benzene rings is 1. The fourth-order valence-corrected chi connectivity index (χ4v) is 2.61. The third-order valence-corrected chi connectivity index (χ3v) is 3.77. The molecule has 1 unspecified atom stereocenters. The minimum absolute atomic E-state index is 0.338. The van der Waals surface area contributed by atoms with Crippen LogP contribution in [-0.4, -0.2) is 24.0 Å². The first-order valence-electron chi connectivity index (χ1n) is 7.04. The van der Waals surface area contributed by atoms with Crippen molar-refractivity contribution >= 4 is 0 Å². The highest BCUT2D eigenvalue weighted by Gasteiger charge is 2.22. The first-order valence-corrected chi connectivity index (χ1v) is 7.04. The van der Waals surface area contributed by atoms with Crippen molar-refractivity contribution < 1.29 is 0 Å². The van der Waals surface area contributed by atoms with Crippen LogP contribution in [0.3, 0.4) is 0 Å². The molecule has 0 heterocycles. The maximum Gasteiger partial charge on any atom is 0.0475 e. The normalized spacial score (nSPS) is 13.3. The molecule has 1 rings (SSSR count). The highest BCUT2D eigenvalue weighted by atomic mass is 15.2. The first kappa shape index (κ1) is 15.2. The molecule has 0 fully saturated rings. The Labute approximate surface area is 112 Å². The van der Waals surface area contributed by atoms with E-state index in [1.807, 2.05) is 0 Å². The molecule has 2 nitrogen and oxygen atoms in total. The first-order chi connectivity index (χ1) is 8.52. The van der Waals surface area contributed by atoms with Crippen molar-refractivity contribution in [1.29, 1.82) is 0 Å². The van der Waals surface area contributed by atoms with Gasteiger partial charge in [-0.15, -0.1) is 0 Å². The van der Waals surface area contributed by atoms with Crippen LogP contribution in [0.5, 0.6) is 0 Å². The summed E-state index contributed by atoms with van der Waals surface area (Å²) in [4.78, 5) is 2.52. The molecular formula is C16H28N2. The van der Waals surface area contributed by atoms with Gasteiger partial charge in [0.05, 0.1) is 0 Å². The molecular weight excluding hydrogens is 220 g/mol. The molecule has 0 saturated heterocycles. The maximum atomic E-state index is 6.05. The van der Waals surface area contributed by atoms with Crippen LogP contribution in [0, 0.1) is 13.8 Å². The largest absolute Gasteiger partial charge is 0.329 e. The quantitative estimate of drug-likeness (QED) is 0.836. The van der Waals surface area contributed by atoms with Crippen LogP contribution in [0.25, 0.3) is 0 Å². The lowest BCUT2D eigenvalue weighted by molar-refractivity contribution is 0.157. The van der Waals surface area contributed by atoms with Gasteiger partial charge in [0.1, 0.15) is 0 Å². The van der Waals surface area contributed by atoms with Crippen molar-refractivity contribution in [3.8, 4) is 0 Å². The minimum atomic E-state index is 0.338. The lowest BCUT2D eigenvalue weighted by Crippen LogP contribution is -2.39. The molecule has 102 valence electrons. The molecule has 0 aliphatic rings. The molecule has 0 aliphatic heterocycles. The van der Waals surface area contributed by atoms with Crippen molar-refractivity contribution in [2.45, 2.75) is 53.1 Å². The van der Waals surface area contributed by atoms with Gasteiger partial charge in [-0.25, -0.2) is 0 Å². The smallest absolute Gasteiger partial charge is 0.0475 e. The van der Waals surface area contributed by atoms with Gasteiger partial charge in [0.25, 0.3) is 0 Å². The average molecular weight is 248 g/mol. The zero-order valence-corrected chi connectivity index (χ0v) is 12.5. The van der Waals surface area contributed by atoms with E-state index in [4.69, 9.17) is 5.73 Å². The van der Waals surface area contributed by atoms with E-state index in [0.717, 1.165) is 6.54 Å². The zero-order chi connectivity index (χ0) is 13.7. The van der Waals surface area contributed by atoms with Crippen molar-refractivity contribution in [2.75, 3.05) is 13.1 Å². The highest BCUT2D eigenvalue weighted by molar-refractivity contribution is 5.35. The Balaban J connectivity index is 3.10. The molecule has 1 atom stereocenters. The molecule has 0 radical (unpaired) electrons. The van der Waals surface area contributed by atoms with Crippen molar-refractivity contribution in [3.05, 3.63) is 34.9 Å². The highest BCUT2D eigenvalue weighted by Crippen LogP contribution is 2.26. The summed E-state index contributed by atoms with van der Waals surface area (Å²) in [6.45, 7) is 12.9. The lowest BCUT2D eigenvalue weighted by atomic mass is 9.95. The third-order valence-electron chi connectivity index (χ3n) is 3.77. The second-order valence-electron chi connectivity index (χ2n) is 5.37. The molecule has 1 aromatic carbocycles. The van der Waals surface area contributed by atoms with E-state index >= 15 is 0 Å². The Bertz CT molecular complexity index is 371. The van der Waals surface area contributed by atoms with Gasteiger partial charge >= 0.3 is 0 Å². The van der Waals surface area contributed by atoms with Gasteiger partial charge in [-0.1, -0.05) is 25.1 Å². The van der Waals surface area contributed by atoms with Crippen LogP contribution in [0.15, 0.2) is 18.2 Å². The lowest BCUT2D eigenvalue weighted by Gasteiger charge is -2.35. The SMILES string of the molecule is CCCN(C(C)C)C(CN)c1cccc(C)c1C. The third kappa shape index (κ3) is 3.33. The van der Waals surface area contributed by atoms with Gasteiger partial charge < -0.3 is 5.73 Å². The van der Waals surface area contributed by atoms with E-state index in [2.05, 4.69) is 57.7 Å². The Morgan fingerprint density at radius 1 is 1.22 bits per heavy atom. The van der Waals surface area contributed by atoms with Gasteiger partial charge in [-0.05, 0) is 57.4 Å². The van der Waals surface area contributed by atoms with Crippen LogP contribution in [0.2, 0.25) is 0 Å². The standard InChI is InChI=1S/C16H28N2/c1-6-10-18(12(2)3)16(11-17)15-9-7-8-13(4)14(15)5/h7-9,12,16H,6,10-11,17H2,1-5H3. The molecule has 2 N–H and O–H groups in total. The van der Waals surface area contributed by atoms with Crippen molar-refractivity contribution in [3.63, 3.8) is 0 Å². The van der Waals surface area contributed by atoms with Gasteiger partial charge in [0.2, 0.25) is 0 Å². The summed E-state index contributed by atoms with van der Waals surface area (Å²) in [6.07, 6.45) is 1.17. The second kappa shape index (κ2) is 6.91. The van der Waals surface area contributed by atoms with Crippen LogP contribution in [0.4, 0.5) is 0 Å². The predicted octanol–water partition coefficient (Wildman–Crippen LogP) is 3.42. The predicted molar refractivity (Wildman–Crippen MR) is 79.8 cm³/mol. The Hall–Kier alpha value is -0.860. The van der Waals surface area contributed by atoms with E-state index in [-0.39, 0.29) is 0 Å². The van der Waals surface area contributed by atoms with E-state index in [9.17, 15) is 0 Å². The fourth-order valence-electron chi connectivity index (χ4n) is 2.61. The molecule has 0 bridgehead atoms. The van der Waals surface area contributed by atoms with Crippen molar-refractivity contribution in [2.24, 2.45) is 5.73 Å². The number of nitrogens with zero attached hydrogens (tertiary/aromatic N) is 1. The number of hydrogen-bond acceptors (Lipinski definition) is 2. The van der Waals surface area contributed by atoms with Gasteiger partial charge in [0, 0.05) is 18.6 Å². The number of nitrogens with two attached hydrogens (primary N) is 1. The van der Waals surface area contributed by atoms with E-state index < -0.39 is 0 Å². The molecule has 2 heteroatoms. The fraction of sp³-hybridized carbons (Fsp3) is 0.625. The van der Waals surface area contributed by atoms with Crippen LogP contribution < -0.4 is 5.73 Å². The Morgan fingerprint density at radius 2 is 1.89 bits per heavy atom. The van der Waals surface area contributed by atoms with Gasteiger partial charge in [-0.3, -0.25) is 4.90 Å². The average Bonchev–Trinajstić information content (AvgIpc) is 2.33. The van der Waals surface area contributed by atoms with Crippen LogP contribution in [-0.2, 0) is 0 Å². The summed E-state index contributed by atoms with van der Waals surface area (Å²) in [5.74, 6) is 0. The van der Waals surface area contributed by atoms with Crippen molar-refractivity contribution in [1.82, 2.24) is 4.90 Å². The molecule has 0 aliphatic carbocycles. The molecule has 0 saturated carbocycles. The van der Waals surface area contributed by atoms with Gasteiger partial charge in [-0.2, -0.15) is 0 Å². The molecule has 18 heavy (non-hydrogen) atoms. The summed E-state index contributed by atoms with van der Waals surface area (Å²) in [5.41, 5.74) is 10.2. The second-order valence-corrected chi connectivity index (χ2v) is 5.37. The summed E-state index contributed by atoms with van der Waals surface area (Å²) < 4.78 is 0. The summed E-state index contributed by atoms with van der Waals surface area (Å²) in [7, 11) is 0. The van der Waals surface area contributed by atoms with E-state index in [1.54, 1.807) is 0 Å². The minimum Gasteiger partial charge on any atom is -0.329 e. The molecule has 1 aromatic rings. The van der Waals surface area contributed by atoms with Gasteiger partial charge in [0.15, 0.2) is 0 Å². The topological polar surface area (TPSA) is 29.3 Å². The van der Waals surface area contributed by atoms with E-state index in [0.29, 0.717) is 18.6 Å². The number of rotatable bonds is 6. The number of hydrogen-bond donors (Lipinski definition) is 1. The van der Waals surface area contributed by atoms with Crippen LogP contribution in [0.1, 0.15) is 49.9 Å². The van der Waals surface area contributed by atoms with E-state index in [1.165, 1.54) is 23.1 Å². The monoisotopic (exact) mass is 248 g/mol. The molecule has 0 amide bonds. The molecule has 0 spiro atoms. The van der Waals surface area contributed by atoms with Crippen LogP contribution >= 0.6 is 0 Å². The zero-order valence-electron chi connectivity index (χ0n) is 12.5. The molecule has 0 aromatic heterocycles. The summed E-state index contributed by atoms with van der Waals surface area (Å²) >= 11 is 0. The Morgan fingerprint density at radius 3 is 2.39 bits per heavy atom. The summed E-state index contributed by atoms with van der Waals surface area (Å²) in [6, 6.07) is 7.41. The summed E-state index contributed by atoms with van der Waals surface area (Å²) in [5, 5.41) is 0. The number of aryl methyl sites for hydroxylation is 1. The Kier molecular flexibility index (Phi) is 5.83.